The van der Waals surface area contributed by atoms with Crippen molar-refractivity contribution < 1.29 is 8.42 Å². The van der Waals surface area contributed by atoms with Crippen LogP contribution in [0.1, 0.15) is 19.8 Å². The summed E-state index contributed by atoms with van der Waals surface area (Å²) in [6.07, 6.45) is 2.34. The molecular formula is C16H25BrN4O2S. The number of hydrogen-bond acceptors (Lipinski definition) is 4. The molecule has 6 nitrogen and oxygen atoms in total. The van der Waals surface area contributed by atoms with Gasteiger partial charge in [-0.3, -0.25) is 9.89 Å². The lowest BCUT2D eigenvalue weighted by atomic mass is 10.2. The van der Waals surface area contributed by atoms with Crippen LogP contribution in [0.4, 0.5) is 0 Å². The molecule has 0 spiro atoms. The maximum atomic E-state index is 12.2. The van der Waals surface area contributed by atoms with Gasteiger partial charge in [0.25, 0.3) is 0 Å². The number of halogens is 1. The lowest BCUT2D eigenvalue weighted by Gasteiger charge is -2.20. The zero-order valence-electron chi connectivity index (χ0n) is 13.9. The molecule has 1 aliphatic rings. The zero-order valence-corrected chi connectivity index (χ0v) is 16.3. The van der Waals surface area contributed by atoms with Crippen LogP contribution in [-0.4, -0.2) is 57.3 Å². The second-order valence-electron chi connectivity index (χ2n) is 5.85. The molecule has 1 unspecified atom stereocenters. The highest BCUT2D eigenvalue weighted by atomic mass is 79.9. The van der Waals surface area contributed by atoms with E-state index in [0.717, 1.165) is 24.0 Å². The molecule has 1 atom stereocenters. The van der Waals surface area contributed by atoms with Crippen molar-refractivity contribution in [3.8, 4) is 0 Å². The highest BCUT2D eigenvalue weighted by molar-refractivity contribution is 9.10. The minimum Gasteiger partial charge on any atom is -0.370 e. The number of hydrogen-bond donors (Lipinski definition) is 2. The molecule has 0 amide bonds. The minimum absolute atomic E-state index is 0.0185. The third-order valence-corrected chi connectivity index (χ3v) is 6.49. The molecule has 0 aromatic heterocycles. The minimum atomic E-state index is -3.32. The lowest BCUT2D eigenvalue weighted by Crippen LogP contribution is -2.37. The van der Waals surface area contributed by atoms with Crippen molar-refractivity contribution in [1.29, 1.82) is 0 Å². The standard InChI is InChI=1S/C16H25BrN4O2S/c1-2-21-10-3-4-14(21)12-20-16(18)19-9-11-24(22,23)15-7-5-13(17)6-8-15/h5-8,14H,2-4,9-12H2,1H3,(H3,18,19,20). The Balaban J connectivity index is 1.80. The van der Waals surface area contributed by atoms with Crippen molar-refractivity contribution in [3.05, 3.63) is 28.7 Å². The van der Waals surface area contributed by atoms with Crippen molar-refractivity contribution >= 4 is 31.7 Å². The summed E-state index contributed by atoms with van der Waals surface area (Å²) in [5, 5.41) is 2.90. The zero-order chi connectivity index (χ0) is 17.6. The van der Waals surface area contributed by atoms with Gasteiger partial charge in [0.2, 0.25) is 0 Å². The Bertz CT molecular complexity index is 661. The summed E-state index contributed by atoms with van der Waals surface area (Å²) < 4.78 is 25.3. The van der Waals surface area contributed by atoms with Crippen LogP contribution in [0.3, 0.4) is 0 Å². The first-order chi connectivity index (χ1) is 11.4. The normalized spacial score (nSPS) is 19.6. The summed E-state index contributed by atoms with van der Waals surface area (Å²) in [4.78, 5) is 7.06. The summed E-state index contributed by atoms with van der Waals surface area (Å²) >= 11 is 3.30. The first kappa shape index (κ1) is 19.2. The van der Waals surface area contributed by atoms with E-state index >= 15 is 0 Å². The number of benzene rings is 1. The lowest BCUT2D eigenvalue weighted by molar-refractivity contribution is 0.273. The van der Waals surface area contributed by atoms with Gasteiger partial charge >= 0.3 is 0 Å². The fourth-order valence-electron chi connectivity index (χ4n) is 2.85. The van der Waals surface area contributed by atoms with Gasteiger partial charge in [-0.1, -0.05) is 22.9 Å². The third-order valence-electron chi connectivity index (χ3n) is 4.23. The van der Waals surface area contributed by atoms with Crippen LogP contribution in [0.2, 0.25) is 0 Å². The van der Waals surface area contributed by atoms with E-state index in [0.29, 0.717) is 23.4 Å². The maximum Gasteiger partial charge on any atom is 0.188 e. The number of likely N-dealkylation sites (N-methyl/N-ethyl adjacent to an activating group) is 1. The second-order valence-corrected chi connectivity index (χ2v) is 8.87. The van der Waals surface area contributed by atoms with Gasteiger partial charge < -0.3 is 11.1 Å². The fraction of sp³-hybridized carbons (Fsp3) is 0.562. The largest absolute Gasteiger partial charge is 0.370 e. The van der Waals surface area contributed by atoms with Crippen molar-refractivity contribution in [2.75, 3.05) is 31.9 Å². The number of rotatable bonds is 7. The third kappa shape index (κ3) is 5.46. The molecule has 24 heavy (non-hydrogen) atoms. The Hall–Kier alpha value is -1.12. The van der Waals surface area contributed by atoms with E-state index in [1.807, 2.05) is 0 Å². The van der Waals surface area contributed by atoms with Crippen LogP contribution in [-0.2, 0) is 9.84 Å². The molecule has 1 saturated heterocycles. The van der Waals surface area contributed by atoms with Crippen LogP contribution < -0.4 is 11.1 Å². The number of likely N-dealkylation sites (tertiary alicyclic amines) is 1. The van der Waals surface area contributed by atoms with E-state index in [1.54, 1.807) is 24.3 Å². The molecule has 0 aliphatic carbocycles. The van der Waals surface area contributed by atoms with Crippen LogP contribution >= 0.6 is 15.9 Å². The number of nitrogens with zero attached hydrogens (tertiary/aromatic N) is 2. The van der Waals surface area contributed by atoms with E-state index in [1.165, 1.54) is 6.42 Å². The molecular weight excluding hydrogens is 392 g/mol. The first-order valence-corrected chi connectivity index (χ1v) is 10.6. The van der Waals surface area contributed by atoms with Crippen LogP contribution in [0.25, 0.3) is 0 Å². The van der Waals surface area contributed by atoms with Gasteiger partial charge in [-0.15, -0.1) is 0 Å². The van der Waals surface area contributed by atoms with Crippen LogP contribution in [0.15, 0.2) is 38.6 Å². The van der Waals surface area contributed by atoms with Gasteiger partial charge in [0.1, 0.15) is 0 Å². The van der Waals surface area contributed by atoms with Gasteiger partial charge in [-0.2, -0.15) is 0 Å². The van der Waals surface area contributed by atoms with Gasteiger partial charge in [0.15, 0.2) is 15.8 Å². The molecule has 134 valence electrons. The van der Waals surface area contributed by atoms with Gasteiger partial charge in [-0.05, 0) is 50.2 Å². The molecule has 1 aliphatic heterocycles. The first-order valence-electron chi connectivity index (χ1n) is 8.18. The molecule has 2 rings (SSSR count). The predicted octanol–water partition coefficient (Wildman–Crippen LogP) is 1.61. The van der Waals surface area contributed by atoms with E-state index in [-0.39, 0.29) is 12.3 Å². The summed E-state index contributed by atoms with van der Waals surface area (Å²) in [5.74, 6) is 0.291. The van der Waals surface area contributed by atoms with Gasteiger partial charge in [0.05, 0.1) is 17.2 Å². The van der Waals surface area contributed by atoms with Crippen LogP contribution in [0, 0.1) is 0 Å². The molecule has 1 aromatic carbocycles. The van der Waals surface area contributed by atoms with Crippen molar-refractivity contribution in [2.45, 2.75) is 30.7 Å². The van der Waals surface area contributed by atoms with E-state index in [4.69, 9.17) is 5.73 Å². The van der Waals surface area contributed by atoms with Crippen molar-refractivity contribution in [1.82, 2.24) is 10.2 Å². The van der Waals surface area contributed by atoms with E-state index in [9.17, 15) is 8.42 Å². The molecule has 1 heterocycles. The second kappa shape index (κ2) is 8.82. The SMILES string of the molecule is CCN1CCCC1CN=C(N)NCCS(=O)(=O)c1ccc(Br)cc1. The average Bonchev–Trinajstić information content (AvgIpc) is 3.00. The molecule has 1 aromatic rings. The van der Waals surface area contributed by atoms with E-state index in [2.05, 4.69) is 38.1 Å². The smallest absolute Gasteiger partial charge is 0.188 e. The maximum absolute atomic E-state index is 12.2. The Labute approximate surface area is 152 Å². The molecule has 1 fully saturated rings. The average molecular weight is 417 g/mol. The predicted molar refractivity (Wildman–Crippen MR) is 101 cm³/mol. The number of sulfone groups is 1. The Kier molecular flexibility index (Phi) is 7.06. The Morgan fingerprint density at radius 3 is 2.79 bits per heavy atom. The summed E-state index contributed by atoms with van der Waals surface area (Å²) in [6, 6.07) is 7.07. The number of aliphatic imine (C=N–C) groups is 1. The molecule has 3 N–H and O–H groups in total. The molecule has 8 heteroatoms. The van der Waals surface area contributed by atoms with Crippen LogP contribution in [0.5, 0.6) is 0 Å². The molecule has 0 radical (unpaired) electrons. The topological polar surface area (TPSA) is 87.8 Å². The number of nitrogens with one attached hydrogen (secondary N) is 1. The Morgan fingerprint density at radius 1 is 1.42 bits per heavy atom. The monoisotopic (exact) mass is 416 g/mol. The highest BCUT2D eigenvalue weighted by Crippen LogP contribution is 2.17. The van der Waals surface area contributed by atoms with Gasteiger partial charge in [0, 0.05) is 17.1 Å². The quantitative estimate of drug-likeness (QED) is 0.520. The summed E-state index contributed by atoms with van der Waals surface area (Å²) in [6.45, 7) is 5.20. The number of guanidine groups is 1. The fourth-order valence-corrected chi connectivity index (χ4v) is 4.27. The van der Waals surface area contributed by atoms with E-state index < -0.39 is 9.84 Å². The number of nitrogens with two attached hydrogens (primary N) is 1. The summed E-state index contributed by atoms with van der Waals surface area (Å²) in [5.41, 5.74) is 5.85. The molecule has 0 bridgehead atoms. The van der Waals surface area contributed by atoms with Gasteiger partial charge in [-0.25, -0.2) is 8.42 Å². The van der Waals surface area contributed by atoms with Crippen molar-refractivity contribution in [3.63, 3.8) is 0 Å². The van der Waals surface area contributed by atoms with Crippen molar-refractivity contribution in [2.24, 2.45) is 10.7 Å². The summed E-state index contributed by atoms with van der Waals surface area (Å²) in [7, 11) is -3.32. The Morgan fingerprint density at radius 2 is 2.12 bits per heavy atom. The highest BCUT2D eigenvalue weighted by Gasteiger charge is 2.22. The molecule has 0 saturated carbocycles.